The molecule has 0 N–H and O–H groups in total. The van der Waals surface area contributed by atoms with Crippen molar-refractivity contribution in [3.05, 3.63) is 35.9 Å². The average Bonchev–Trinajstić information content (AvgIpc) is 2.20. The SMILES string of the molecule is COCCCN(C)Cc1ccccc1. The summed E-state index contributed by atoms with van der Waals surface area (Å²) in [6.07, 6.45) is 1.10. The van der Waals surface area contributed by atoms with Crippen LogP contribution < -0.4 is 0 Å². The molecule has 0 bridgehead atoms. The first kappa shape index (κ1) is 11.2. The average molecular weight is 193 g/mol. The van der Waals surface area contributed by atoms with Crippen LogP contribution in [0.5, 0.6) is 0 Å². The highest BCUT2D eigenvalue weighted by molar-refractivity contribution is 5.14. The molecular weight excluding hydrogens is 174 g/mol. The van der Waals surface area contributed by atoms with Crippen LogP contribution in [0.1, 0.15) is 12.0 Å². The number of hydrogen-bond donors (Lipinski definition) is 0. The van der Waals surface area contributed by atoms with Crippen LogP contribution in [0.2, 0.25) is 0 Å². The molecule has 0 atom stereocenters. The summed E-state index contributed by atoms with van der Waals surface area (Å²) in [5.74, 6) is 0. The van der Waals surface area contributed by atoms with E-state index < -0.39 is 0 Å². The molecule has 0 saturated heterocycles. The molecule has 0 aliphatic carbocycles. The Hall–Kier alpha value is -0.860. The van der Waals surface area contributed by atoms with Crippen molar-refractivity contribution in [2.45, 2.75) is 13.0 Å². The van der Waals surface area contributed by atoms with Gasteiger partial charge in [-0.2, -0.15) is 0 Å². The standard InChI is InChI=1S/C12H19NO/c1-13(9-6-10-14-2)11-12-7-4-3-5-8-12/h3-5,7-8H,6,9-11H2,1-2H3. The molecule has 0 radical (unpaired) electrons. The first-order valence-electron chi connectivity index (χ1n) is 5.04. The molecule has 1 rings (SSSR count). The highest BCUT2D eigenvalue weighted by Crippen LogP contribution is 2.02. The number of methoxy groups -OCH3 is 1. The van der Waals surface area contributed by atoms with E-state index in [1.54, 1.807) is 7.11 Å². The second-order valence-electron chi connectivity index (χ2n) is 3.57. The van der Waals surface area contributed by atoms with Crippen molar-refractivity contribution in [1.29, 1.82) is 0 Å². The minimum Gasteiger partial charge on any atom is -0.385 e. The maximum Gasteiger partial charge on any atom is 0.0474 e. The van der Waals surface area contributed by atoms with Crippen molar-refractivity contribution in [3.63, 3.8) is 0 Å². The predicted octanol–water partition coefficient (Wildman–Crippen LogP) is 2.15. The van der Waals surface area contributed by atoms with E-state index in [0.717, 1.165) is 26.1 Å². The van der Waals surface area contributed by atoms with Gasteiger partial charge in [0, 0.05) is 26.8 Å². The van der Waals surface area contributed by atoms with Crippen LogP contribution in [0, 0.1) is 0 Å². The highest BCUT2D eigenvalue weighted by atomic mass is 16.5. The lowest BCUT2D eigenvalue weighted by atomic mass is 10.2. The molecule has 0 aliphatic heterocycles. The molecule has 0 unspecified atom stereocenters. The van der Waals surface area contributed by atoms with Crippen molar-refractivity contribution in [2.75, 3.05) is 27.3 Å². The topological polar surface area (TPSA) is 12.5 Å². The van der Waals surface area contributed by atoms with Gasteiger partial charge in [0.1, 0.15) is 0 Å². The fraction of sp³-hybridized carbons (Fsp3) is 0.500. The lowest BCUT2D eigenvalue weighted by Gasteiger charge is -2.16. The van der Waals surface area contributed by atoms with Crippen molar-refractivity contribution in [2.24, 2.45) is 0 Å². The molecule has 78 valence electrons. The molecule has 0 fully saturated rings. The molecule has 14 heavy (non-hydrogen) atoms. The lowest BCUT2D eigenvalue weighted by Crippen LogP contribution is -2.20. The zero-order valence-corrected chi connectivity index (χ0v) is 9.07. The van der Waals surface area contributed by atoms with E-state index in [1.807, 2.05) is 0 Å². The zero-order chi connectivity index (χ0) is 10.2. The molecule has 0 aliphatic rings. The summed E-state index contributed by atoms with van der Waals surface area (Å²) in [7, 11) is 3.89. The number of rotatable bonds is 6. The van der Waals surface area contributed by atoms with Gasteiger partial charge in [-0.15, -0.1) is 0 Å². The fourth-order valence-corrected chi connectivity index (χ4v) is 1.45. The number of hydrogen-bond acceptors (Lipinski definition) is 2. The molecule has 0 heterocycles. The van der Waals surface area contributed by atoms with Gasteiger partial charge in [0.05, 0.1) is 0 Å². The van der Waals surface area contributed by atoms with E-state index >= 15 is 0 Å². The van der Waals surface area contributed by atoms with Crippen molar-refractivity contribution in [3.8, 4) is 0 Å². The zero-order valence-electron chi connectivity index (χ0n) is 9.07. The van der Waals surface area contributed by atoms with Gasteiger partial charge >= 0.3 is 0 Å². The Morgan fingerprint density at radius 1 is 1.21 bits per heavy atom. The summed E-state index contributed by atoms with van der Waals surface area (Å²) >= 11 is 0. The quantitative estimate of drug-likeness (QED) is 0.642. The Kier molecular flexibility index (Phi) is 5.27. The van der Waals surface area contributed by atoms with Crippen LogP contribution in [-0.4, -0.2) is 32.2 Å². The molecule has 1 aromatic carbocycles. The van der Waals surface area contributed by atoms with Crippen LogP contribution in [0.15, 0.2) is 30.3 Å². The summed E-state index contributed by atoms with van der Waals surface area (Å²) in [6.45, 7) is 2.95. The van der Waals surface area contributed by atoms with Gasteiger partial charge in [-0.25, -0.2) is 0 Å². The van der Waals surface area contributed by atoms with E-state index in [1.165, 1.54) is 5.56 Å². The van der Waals surface area contributed by atoms with Gasteiger partial charge in [0.15, 0.2) is 0 Å². The predicted molar refractivity (Wildman–Crippen MR) is 59.3 cm³/mol. The highest BCUT2D eigenvalue weighted by Gasteiger charge is 1.98. The smallest absolute Gasteiger partial charge is 0.0474 e. The van der Waals surface area contributed by atoms with Gasteiger partial charge < -0.3 is 9.64 Å². The molecule has 2 nitrogen and oxygen atoms in total. The van der Waals surface area contributed by atoms with Crippen LogP contribution in [-0.2, 0) is 11.3 Å². The third-order valence-corrected chi connectivity index (χ3v) is 2.18. The summed E-state index contributed by atoms with van der Waals surface area (Å²) in [5, 5.41) is 0. The van der Waals surface area contributed by atoms with Crippen LogP contribution in [0.25, 0.3) is 0 Å². The van der Waals surface area contributed by atoms with Crippen molar-refractivity contribution >= 4 is 0 Å². The van der Waals surface area contributed by atoms with Crippen LogP contribution in [0.4, 0.5) is 0 Å². The second kappa shape index (κ2) is 6.57. The summed E-state index contributed by atoms with van der Waals surface area (Å²) in [5.41, 5.74) is 1.37. The summed E-state index contributed by atoms with van der Waals surface area (Å²) in [4.78, 5) is 2.31. The normalized spacial score (nSPS) is 10.8. The minimum absolute atomic E-state index is 0.846. The molecule has 0 saturated carbocycles. The number of benzene rings is 1. The maximum atomic E-state index is 5.02. The summed E-state index contributed by atoms with van der Waals surface area (Å²) in [6, 6.07) is 10.5. The molecular formula is C12H19NO. The van der Waals surface area contributed by atoms with Gasteiger partial charge in [0.2, 0.25) is 0 Å². The third kappa shape index (κ3) is 4.40. The van der Waals surface area contributed by atoms with Crippen LogP contribution in [0.3, 0.4) is 0 Å². The Morgan fingerprint density at radius 2 is 1.93 bits per heavy atom. The van der Waals surface area contributed by atoms with Gasteiger partial charge in [-0.1, -0.05) is 30.3 Å². The Morgan fingerprint density at radius 3 is 2.57 bits per heavy atom. The van der Waals surface area contributed by atoms with Gasteiger partial charge in [-0.05, 0) is 19.0 Å². The van der Waals surface area contributed by atoms with Crippen molar-refractivity contribution in [1.82, 2.24) is 4.90 Å². The minimum atomic E-state index is 0.846. The number of ether oxygens (including phenoxy) is 1. The second-order valence-corrected chi connectivity index (χ2v) is 3.57. The lowest BCUT2D eigenvalue weighted by molar-refractivity contribution is 0.178. The van der Waals surface area contributed by atoms with E-state index in [4.69, 9.17) is 4.74 Å². The molecule has 2 heteroatoms. The van der Waals surface area contributed by atoms with Gasteiger partial charge in [0.25, 0.3) is 0 Å². The molecule has 0 amide bonds. The molecule has 0 spiro atoms. The van der Waals surface area contributed by atoms with E-state index in [2.05, 4.69) is 42.3 Å². The third-order valence-electron chi connectivity index (χ3n) is 2.18. The first-order valence-corrected chi connectivity index (χ1v) is 5.04. The van der Waals surface area contributed by atoms with Gasteiger partial charge in [-0.3, -0.25) is 0 Å². The van der Waals surface area contributed by atoms with E-state index in [-0.39, 0.29) is 0 Å². The summed E-state index contributed by atoms with van der Waals surface area (Å²) < 4.78 is 5.02. The fourth-order valence-electron chi connectivity index (χ4n) is 1.45. The largest absolute Gasteiger partial charge is 0.385 e. The van der Waals surface area contributed by atoms with Crippen LogP contribution >= 0.6 is 0 Å². The monoisotopic (exact) mass is 193 g/mol. The molecule has 1 aromatic rings. The molecule has 0 aromatic heterocycles. The maximum absolute atomic E-state index is 5.02. The van der Waals surface area contributed by atoms with E-state index in [9.17, 15) is 0 Å². The first-order chi connectivity index (χ1) is 6.83. The van der Waals surface area contributed by atoms with Crippen molar-refractivity contribution < 1.29 is 4.74 Å². The number of nitrogens with zero attached hydrogens (tertiary/aromatic N) is 1. The van der Waals surface area contributed by atoms with E-state index in [0.29, 0.717) is 0 Å². The Labute approximate surface area is 86.5 Å². The Bertz CT molecular complexity index is 235. The Balaban J connectivity index is 2.23.